The lowest BCUT2D eigenvalue weighted by Crippen LogP contribution is -2.10. The molecule has 0 N–H and O–H groups in total. The van der Waals surface area contributed by atoms with E-state index >= 15 is 0 Å². The predicted molar refractivity (Wildman–Crippen MR) is 102 cm³/mol. The Kier molecular flexibility index (Phi) is 6.31. The van der Waals surface area contributed by atoms with Gasteiger partial charge in [-0.3, -0.25) is 10.1 Å². The van der Waals surface area contributed by atoms with E-state index in [2.05, 4.69) is 23.9 Å². The Balaban J connectivity index is 2.26. The molecule has 0 saturated heterocycles. The highest BCUT2D eigenvalue weighted by Crippen LogP contribution is 2.37. The standard InChI is InChI=1S/C16H22ClN3O4S/c1-23-15-6-5-12(17)9-13(15)16-14(20(21)22)10-19(18-16)11-24-7-8-25(2,3)4/h5-6,9-10H,7-8,11H2,1-4H3. The van der Waals surface area contributed by atoms with E-state index in [9.17, 15) is 10.1 Å². The van der Waals surface area contributed by atoms with Crippen molar-refractivity contribution in [3.63, 3.8) is 0 Å². The van der Waals surface area contributed by atoms with Crippen LogP contribution in [-0.4, -0.2) is 52.9 Å². The first kappa shape index (κ1) is 19.6. The summed E-state index contributed by atoms with van der Waals surface area (Å²) in [4.78, 5) is 10.9. The third-order valence-electron chi connectivity index (χ3n) is 3.42. The summed E-state index contributed by atoms with van der Waals surface area (Å²) in [6.45, 7) is 0.738. The van der Waals surface area contributed by atoms with Crippen LogP contribution in [0.3, 0.4) is 0 Å². The maximum atomic E-state index is 11.4. The molecule has 0 amide bonds. The summed E-state index contributed by atoms with van der Waals surface area (Å²) in [5.41, 5.74) is 0.555. The number of nitro groups is 1. The van der Waals surface area contributed by atoms with Gasteiger partial charge in [0.15, 0.2) is 5.69 Å². The van der Waals surface area contributed by atoms with Crippen molar-refractivity contribution in [1.82, 2.24) is 9.78 Å². The molecule has 2 aromatic rings. The molecule has 0 unspecified atom stereocenters. The third-order valence-corrected chi connectivity index (χ3v) is 5.05. The second kappa shape index (κ2) is 8.07. The lowest BCUT2D eigenvalue weighted by molar-refractivity contribution is -0.384. The average molecular weight is 388 g/mol. The van der Waals surface area contributed by atoms with E-state index in [1.165, 1.54) is 18.0 Å². The van der Waals surface area contributed by atoms with Crippen molar-refractivity contribution in [2.75, 3.05) is 38.2 Å². The fourth-order valence-corrected chi connectivity index (χ4v) is 2.92. The van der Waals surface area contributed by atoms with Gasteiger partial charge in [-0.25, -0.2) is 14.7 Å². The summed E-state index contributed by atoms with van der Waals surface area (Å²) < 4.78 is 12.3. The van der Waals surface area contributed by atoms with Crippen molar-refractivity contribution in [2.45, 2.75) is 6.73 Å². The molecule has 0 atom stereocenters. The van der Waals surface area contributed by atoms with E-state index in [4.69, 9.17) is 21.1 Å². The summed E-state index contributed by atoms with van der Waals surface area (Å²) in [6, 6.07) is 4.91. The van der Waals surface area contributed by atoms with E-state index in [0.717, 1.165) is 5.75 Å². The maximum Gasteiger partial charge on any atom is 0.315 e. The molecule has 0 bridgehead atoms. The Bertz CT molecular complexity index is 758. The summed E-state index contributed by atoms with van der Waals surface area (Å²) in [5.74, 6) is 1.43. The molecular formula is C16H22ClN3O4S. The van der Waals surface area contributed by atoms with Gasteiger partial charge in [-0.05, 0) is 37.0 Å². The summed E-state index contributed by atoms with van der Waals surface area (Å²) in [7, 11) is 0.848. The molecular weight excluding hydrogens is 366 g/mol. The minimum atomic E-state index is -0.646. The summed E-state index contributed by atoms with van der Waals surface area (Å²) in [6.07, 6.45) is 7.98. The van der Waals surface area contributed by atoms with Crippen LogP contribution in [0.15, 0.2) is 24.4 Å². The van der Waals surface area contributed by atoms with Gasteiger partial charge in [-0.1, -0.05) is 11.6 Å². The average Bonchev–Trinajstić information content (AvgIpc) is 2.95. The molecule has 0 fully saturated rings. The number of benzene rings is 1. The minimum Gasteiger partial charge on any atom is -0.496 e. The fraction of sp³-hybridized carbons (Fsp3) is 0.438. The zero-order valence-electron chi connectivity index (χ0n) is 14.7. The highest BCUT2D eigenvalue weighted by molar-refractivity contribution is 8.32. The largest absolute Gasteiger partial charge is 0.496 e. The monoisotopic (exact) mass is 387 g/mol. The molecule has 9 heteroatoms. The van der Waals surface area contributed by atoms with Crippen molar-refractivity contribution in [3.05, 3.63) is 39.5 Å². The quantitative estimate of drug-likeness (QED) is 0.391. The fourth-order valence-electron chi connectivity index (χ4n) is 2.13. The van der Waals surface area contributed by atoms with Crippen LogP contribution in [0, 0.1) is 10.1 Å². The molecule has 0 saturated carbocycles. The number of rotatable bonds is 8. The predicted octanol–water partition coefficient (Wildman–Crippen LogP) is 3.79. The minimum absolute atomic E-state index is 0.120. The first-order chi connectivity index (χ1) is 11.7. The number of nitrogens with zero attached hydrogens (tertiary/aromatic N) is 3. The van der Waals surface area contributed by atoms with E-state index in [0.29, 0.717) is 22.9 Å². The maximum absolute atomic E-state index is 11.4. The highest BCUT2D eigenvalue weighted by atomic mass is 35.5. The van der Waals surface area contributed by atoms with Crippen LogP contribution in [0.5, 0.6) is 5.75 Å². The number of hydrogen-bond donors (Lipinski definition) is 0. The SMILES string of the molecule is COc1ccc(Cl)cc1-c1nn(COCCS(C)(C)C)cc1[N+](=O)[O-]. The molecule has 0 spiro atoms. The van der Waals surface area contributed by atoms with Gasteiger partial charge in [-0.15, -0.1) is 0 Å². The molecule has 0 radical (unpaired) electrons. The van der Waals surface area contributed by atoms with Gasteiger partial charge >= 0.3 is 5.69 Å². The van der Waals surface area contributed by atoms with E-state index < -0.39 is 15.0 Å². The zero-order valence-corrected chi connectivity index (χ0v) is 16.3. The van der Waals surface area contributed by atoms with E-state index in [1.807, 2.05) is 0 Å². The van der Waals surface area contributed by atoms with Crippen LogP contribution >= 0.6 is 21.6 Å². The van der Waals surface area contributed by atoms with E-state index in [-0.39, 0.29) is 18.1 Å². The lowest BCUT2D eigenvalue weighted by atomic mass is 10.1. The van der Waals surface area contributed by atoms with Gasteiger partial charge in [0.1, 0.15) is 18.7 Å². The van der Waals surface area contributed by atoms with E-state index in [1.54, 1.807) is 18.2 Å². The third kappa shape index (κ3) is 5.35. The van der Waals surface area contributed by atoms with Gasteiger partial charge in [0.05, 0.1) is 24.2 Å². The summed E-state index contributed by atoms with van der Waals surface area (Å²) in [5, 5.41) is 16.1. The van der Waals surface area contributed by atoms with Gasteiger partial charge in [-0.2, -0.15) is 5.10 Å². The first-order valence-electron chi connectivity index (χ1n) is 7.51. The van der Waals surface area contributed by atoms with Crippen molar-refractivity contribution >= 4 is 27.3 Å². The van der Waals surface area contributed by atoms with Gasteiger partial charge < -0.3 is 9.47 Å². The number of hydrogen-bond acceptors (Lipinski definition) is 5. The van der Waals surface area contributed by atoms with Crippen LogP contribution in [0.1, 0.15) is 0 Å². The van der Waals surface area contributed by atoms with Crippen LogP contribution in [0.25, 0.3) is 11.3 Å². The van der Waals surface area contributed by atoms with Crippen molar-refractivity contribution in [3.8, 4) is 17.0 Å². The highest BCUT2D eigenvalue weighted by Gasteiger charge is 2.24. The second-order valence-corrected chi connectivity index (χ2v) is 11.4. The lowest BCUT2D eigenvalue weighted by Gasteiger charge is -2.24. The summed E-state index contributed by atoms with van der Waals surface area (Å²) >= 11 is 6.03. The first-order valence-corrected chi connectivity index (χ1v) is 10.9. The van der Waals surface area contributed by atoms with Crippen LogP contribution in [0.4, 0.5) is 5.69 Å². The molecule has 0 aliphatic heterocycles. The van der Waals surface area contributed by atoms with Gasteiger partial charge in [0.2, 0.25) is 0 Å². The number of methoxy groups -OCH3 is 1. The second-order valence-electron chi connectivity index (χ2n) is 6.34. The molecule has 138 valence electrons. The van der Waals surface area contributed by atoms with Crippen LogP contribution in [-0.2, 0) is 11.5 Å². The molecule has 0 aliphatic rings. The van der Waals surface area contributed by atoms with Crippen molar-refractivity contribution in [1.29, 1.82) is 0 Å². The normalized spacial score (nSPS) is 12.2. The zero-order chi connectivity index (χ0) is 18.6. The Labute approximate surface area is 153 Å². The van der Waals surface area contributed by atoms with Gasteiger partial charge in [0.25, 0.3) is 0 Å². The van der Waals surface area contributed by atoms with Crippen LogP contribution < -0.4 is 4.74 Å². The Morgan fingerprint density at radius 3 is 2.68 bits per heavy atom. The smallest absolute Gasteiger partial charge is 0.315 e. The Morgan fingerprint density at radius 1 is 1.36 bits per heavy atom. The Hall–Kier alpha value is -1.77. The molecule has 25 heavy (non-hydrogen) atoms. The molecule has 2 rings (SSSR count). The molecule has 1 aromatic heterocycles. The molecule has 7 nitrogen and oxygen atoms in total. The number of aromatic nitrogens is 2. The van der Waals surface area contributed by atoms with Crippen molar-refractivity contribution < 1.29 is 14.4 Å². The van der Waals surface area contributed by atoms with Crippen molar-refractivity contribution in [2.24, 2.45) is 0 Å². The Morgan fingerprint density at radius 2 is 2.08 bits per heavy atom. The van der Waals surface area contributed by atoms with Crippen LogP contribution in [0.2, 0.25) is 5.02 Å². The van der Waals surface area contributed by atoms with Gasteiger partial charge in [0, 0.05) is 10.8 Å². The molecule has 0 aliphatic carbocycles. The number of halogens is 1. The molecule has 1 heterocycles. The topological polar surface area (TPSA) is 79.4 Å². The number of ether oxygens (including phenoxy) is 2. The molecule has 1 aromatic carbocycles.